The fourth-order valence-electron chi connectivity index (χ4n) is 6.55. The van der Waals surface area contributed by atoms with E-state index in [2.05, 4.69) is 147 Å². The number of fused-ring (bicyclic) bond motifs is 3. The van der Waals surface area contributed by atoms with Gasteiger partial charge in [0.25, 0.3) is 0 Å². The van der Waals surface area contributed by atoms with Crippen molar-refractivity contribution in [2.45, 2.75) is 26.2 Å². The predicted molar refractivity (Wildman–Crippen MR) is 169 cm³/mol. The maximum atomic E-state index is 2.48. The van der Waals surface area contributed by atoms with Crippen LogP contribution in [0.25, 0.3) is 70.9 Å². The molecule has 0 amide bonds. The molecule has 186 valence electrons. The third kappa shape index (κ3) is 3.20. The number of para-hydroxylation sites is 2. The van der Waals surface area contributed by atoms with Crippen molar-refractivity contribution < 1.29 is 0 Å². The van der Waals surface area contributed by atoms with E-state index < -0.39 is 0 Å². The van der Waals surface area contributed by atoms with Gasteiger partial charge in [-0.2, -0.15) is 0 Å². The number of hydrogen-bond donors (Lipinski definition) is 0. The molecule has 0 atom stereocenters. The molecule has 0 saturated heterocycles. The number of rotatable bonds is 2. The minimum absolute atomic E-state index is 0.0911. The van der Waals surface area contributed by atoms with Gasteiger partial charge < -0.3 is 4.57 Å². The van der Waals surface area contributed by atoms with Crippen LogP contribution in [-0.4, -0.2) is 4.57 Å². The first kappa shape index (κ1) is 22.4. The molecule has 0 N–H and O–H groups in total. The molecule has 1 heteroatoms. The number of benzene rings is 7. The normalized spacial score (nSPS) is 12.5. The lowest BCUT2D eigenvalue weighted by atomic mass is 9.82. The standard InChI is InChI=1S/C38H29N/c1-38(2,3)27-21-25-17-19-30-32(24-11-5-4-6-12-24)23-35(31-20-18-26(22-27)36(25)37(30)31)39-33-15-9-7-13-28(33)29-14-8-10-16-34(29)39/h4-23H,1-3H3. The fourth-order valence-corrected chi connectivity index (χ4v) is 6.55. The highest BCUT2D eigenvalue weighted by Gasteiger charge is 2.21. The van der Waals surface area contributed by atoms with Crippen LogP contribution in [0.2, 0.25) is 0 Å². The third-order valence-corrected chi connectivity index (χ3v) is 8.47. The van der Waals surface area contributed by atoms with Crippen LogP contribution in [0.15, 0.2) is 121 Å². The second-order valence-electron chi connectivity index (χ2n) is 11.8. The molecule has 0 aliphatic carbocycles. The summed E-state index contributed by atoms with van der Waals surface area (Å²) in [4.78, 5) is 0. The molecule has 8 aromatic rings. The van der Waals surface area contributed by atoms with Crippen LogP contribution in [0.5, 0.6) is 0 Å². The average molecular weight is 500 g/mol. The van der Waals surface area contributed by atoms with E-state index in [9.17, 15) is 0 Å². The van der Waals surface area contributed by atoms with Crippen LogP contribution in [0.4, 0.5) is 0 Å². The van der Waals surface area contributed by atoms with Crippen LogP contribution >= 0.6 is 0 Å². The molecular weight excluding hydrogens is 470 g/mol. The zero-order chi connectivity index (χ0) is 26.3. The van der Waals surface area contributed by atoms with Crippen molar-refractivity contribution in [3.8, 4) is 16.8 Å². The van der Waals surface area contributed by atoms with Crippen molar-refractivity contribution in [3.63, 3.8) is 0 Å². The zero-order valence-electron chi connectivity index (χ0n) is 22.5. The second-order valence-corrected chi connectivity index (χ2v) is 11.8. The van der Waals surface area contributed by atoms with Gasteiger partial charge in [0, 0.05) is 21.5 Å². The van der Waals surface area contributed by atoms with Gasteiger partial charge in [-0.1, -0.05) is 124 Å². The molecule has 0 radical (unpaired) electrons. The van der Waals surface area contributed by atoms with E-state index in [1.807, 2.05) is 0 Å². The van der Waals surface area contributed by atoms with Crippen molar-refractivity contribution >= 4 is 54.1 Å². The lowest BCUT2D eigenvalue weighted by Gasteiger charge is -2.23. The Bertz CT molecular complexity index is 2120. The second kappa shape index (κ2) is 7.94. The molecule has 1 heterocycles. The van der Waals surface area contributed by atoms with Gasteiger partial charge >= 0.3 is 0 Å². The predicted octanol–water partition coefficient (Wildman–Crippen LogP) is 10.6. The van der Waals surface area contributed by atoms with E-state index in [1.54, 1.807) is 0 Å². The lowest BCUT2D eigenvalue weighted by Crippen LogP contribution is -2.10. The molecule has 0 fully saturated rings. The van der Waals surface area contributed by atoms with Crippen molar-refractivity contribution in [3.05, 3.63) is 127 Å². The largest absolute Gasteiger partial charge is 0.309 e. The van der Waals surface area contributed by atoms with Gasteiger partial charge in [-0.3, -0.25) is 0 Å². The Morgan fingerprint density at radius 3 is 1.67 bits per heavy atom. The Labute approximate surface area is 228 Å². The molecule has 0 aliphatic rings. The monoisotopic (exact) mass is 499 g/mol. The summed E-state index contributed by atoms with van der Waals surface area (Å²) in [6.45, 7) is 6.90. The number of aromatic nitrogens is 1. The van der Waals surface area contributed by atoms with Crippen LogP contribution in [0, 0.1) is 0 Å². The topological polar surface area (TPSA) is 4.93 Å². The summed E-state index contributed by atoms with van der Waals surface area (Å²) < 4.78 is 2.48. The summed E-state index contributed by atoms with van der Waals surface area (Å²) in [6.07, 6.45) is 0. The third-order valence-electron chi connectivity index (χ3n) is 8.47. The van der Waals surface area contributed by atoms with E-state index in [0.29, 0.717) is 0 Å². The van der Waals surface area contributed by atoms with Crippen LogP contribution < -0.4 is 0 Å². The van der Waals surface area contributed by atoms with Gasteiger partial charge in [0.2, 0.25) is 0 Å². The maximum Gasteiger partial charge on any atom is 0.0547 e. The summed E-state index contributed by atoms with van der Waals surface area (Å²) in [7, 11) is 0. The molecule has 0 unspecified atom stereocenters. The molecule has 7 aromatic carbocycles. The molecule has 0 spiro atoms. The Kier molecular flexibility index (Phi) is 4.56. The summed E-state index contributed by atoms with van der Waals surface area (Å²) in [5.74, 6) is 0. The van der Waals surface area contributed by atoms with Crippen LogP contribution in [-0.2, 0) is 5.41 Å². The lowest BCUT2D eigenvalue weighted by molar-refractivity contribution is 0.591. The van der Waals surface area contributed by atoms with Gasteiger partial charge in [0.1, 0.15) is 0 Å². The van der Waals surface area contributed by atoms with Crippen LogP contribution in [0.1, 0.15) is 26.3 Å². The summed E-state index contributed by atoms with van der Waals surface area (Å²) in [5.41, 5.74) is 7.69. The molecule has 39 heavy (non-hydrogen) atoms. The SMILES string of the molecule is CC(C)(C)c1cc2ccc3c(-c4ccccc4)cc(-n4c5ccccc5c5ccccc54)c4ccc(c1)c2c34. The van der Waals surface area contributed by atoms with Gasteiger partial charge in [-0.15, -0.1) is 0 Å². The van der Waals surface area contributed by atoms with Crippen LogP contribution in [0.3, 0.4) is 0 Å². The average Bonchev–Trinajstić information content (AvgIpc) is 3.29. The van der Waals surface area contributed by atoms with Crippen molar-refractivity contribution in [2.75, 3.05) is 0 Å². The Balaban J connectivity index is 1.60. The molecule has 0 bridgehead atoms. The fraction of sp³-hybridized carbons (Fsp3) is 0.105. The summed E-state index contributed by atoms with van der Waals surface area (Å²) in [6, 6.07) is 45.0. The Morgan fingerprint density at radius 1 is 0.487 bits per heavy atom. The Morgan fingerprint density at radius 2 is 1.05 bits per heavy atom. The maximum absolute atomic E-state index is 2.48. The number of hydrogen-bond acceptors (Lipinski definition) is 0. The molecule has 1 nitrogen and oxygen atoms in total. The first-order valence-corrected chi connectivity index (χ1v) is 13.8. The van der Waals surface area contributed by atoms with Gasteiger partial charge in [0.15, 0.2) is 0 Å². The Hall–Kier alpha value is -4.62. The summed E-state index contributed by atoms with van der Waals surface area (Å²) >= 11 is 0. The summed E-state index contributed by atoms with van der Waals surface area (Å²) in [5, 5.41) is 10.5. The molecule has 0 aliphatic heterocycles. The minimum Gasteiger partial charge on any atom is -0.309 e. The minimum atomic E-state index is 0.0911. The van der Waals surface area contributed by atoms with Gasteiger partial charge in [0.05, 0.1) is 16.7 Å². The highest BCUT2D eigenvalue weighted by molar-refractivity contribution is 6.28. The molecular formula is C38H29N. The first-order chi connectivity index (χ1) is 19.0. The van der Waals surface area contributed by atoms with E-state index in [0.717, 1.165) is 0 Å². The van der Waals surface area contributed by atoms with Gasteiger partial charge in [-0.25, -0.2) is 0 Å². The van der Waals surface area contributed by atoms with E-state index in [4.69, 9.17) is 0 Å². The van der Waals surface area contributed by atoms with E-state index in [-0.39, 0.29) is 5.41 Å². The smallest absolute Gasteiger partial charge is 0.0547 e. The zero-order valence-corrected chi connectivity index (χ0v) is 22.5. The highest BCUT2D eigenvalue weighted by atomic mass is 15.0. The van der Waals surface area contributed by atoms with Crippen molar-refractivity contribution in [2.24, 2.45) is 0 Å². The highest BCUT2D eigenvalue weighted by Crippen LogP contribution is 2.45. The van der Waals surface area contributed by atoms with E-state index >= 15 is 0 Å². The van der Waals surface area contributed by atoms with Gasteiger partial charge in [-0.05, 0) is 61.8 Å². The molecule has 0 saturated carbocycles. The quantitative estimate of drug-likeness (QED) is 0.208. The molecule has 1 aromatic heterocycles. The molecule has 8 rings (SSSR count). The van der Waals surface area contributed by atoms with E-state index in [1.165, 1.54) is 76.5 Å². The van der Waals surface area contributed by atoms with Crippen molar-refractivity contribution in [1.29, 1.82) is 0 Å². The number of nitrogens with zero attached hydrogens (tertiary/aromatic N) is 1. The van der Waals surface area contributed by atoms with Crippen molar-refractivity contribution in [1.82, 2.24) is 4.57 Å². The first-order valence-electron chi connectivity index (χ1n) is 13.8.